The molecular formula is C27H32N4O3. The van der Waals surface area contributed by atoms with Crippen molar-refractivity contribution in [1.82, 2.24) is 9.88 Å². The van der Waals surface area contributed by atoms with Crippen molar-refractivity contribution in [3.05, 3.63) is 48.0 Å². The summed E-state index contributed by atoms with van der Waals surface area (Å²) in [4.78, 5) is 24.6. The number of aromatic nitrogens is 1. The number of nitrogens with one attached hydrogen (secondary N) is 2. The van der Waals surface area contributed by atoms with Crippen LogP contribution in [-0.2, 0) is 4.74 Å². The number of carbonyl (C=O) groups is 2. The molecule has 0 saturated heterocycles. The van der Waals surface area contributed by atoms with Crippen LogP contribution in [0, 0.1) is 5.92 Å². The molecule has 0 spiro atoms. The van der Waals surface area contributed by atoms with Gasteiger partial charge in [-0.15, -0.1) is 0 Å². The van der Waals surface area contributed by atoms with E-state index in [1.165, 1.54) is 6.42 Å². The number of carbonyl (C=O) groups excluding carboxylic acids is 2. The van der Waals surface area contributed by atoms with E-state index in [9.17, 15) is 9.59 Å². The minimum atomic E-state index is -0.420. The molecular weight excluding hydrogens is 428 g/mol. The van der Waals surface area contributed by atoms with Crippen LogP contribution in [0.25, 0.3) is 22.2 Å². The van der Waals surface area contributed by atoms with Gasteiger partial charge in [0.25, 0.3) is 5.91 Å². The maximum atomic E-state index is 12.6. The van der Waals surface area contributed by atoms with Gasteiger partial charge in [0, 0.05) is 34.8 Å². The Morgan fingerprint density at radius 3 is 2.50 bits per heavy atom. The van der Waals surface area contributed by atoms with Crippen molar-refractivity contribution in [2.24, 2.45) is 5.92 Å². The number of ether oxygens (including phenoxy) is 1. The Bertz CT molecular complexity index is 1210. The van der Waals surface area contributed by atoms with Gasteiger partial charge in [-0.3, -0.25) is 10.1 Å². The van der Waals surface area contributed by atoms with Crippen LogP contribution in [0.2, 0.25) is 0 Å². The van der Waals surface area contributed by atoms with Gasteiger partial charge in [0.1, 0.15) is 0 Å². The number of anilines is 2. The third kappa shape index (κ3) is 4.47. The molecule has 0 bridgehead atoms. The van der Waals surface area contributed by atoms with E-state index in [0.29, 0.717) is 42.0 Å². The maximum Gasteiger partial charge on any atom is 0.411 e. The molecule has 5 rings (SSSR count). The highest BCUT2D eigenvalue weighted by atomic mass is 16.5. The summed E-state index contributed by atoms with van der Waals surface area (Å²) >= 11 is 0. The predicted octanol–water partition coefficient (Wildman–Crippen LogP) is 5.71. The van der Waals surface area contributed by atoms with Gasteiger partial charge in [0.2, 0.25) is 0 Å². The SMILES string of the molecule is CCCNC(=O)c1ccc2c(N)c(-c3ccc(NC(=O)OCC4CC4)cc3)n(C3CCC3)c2c1. The molecule has 2 fully saturated rings. The summed E-state index contributed by atoms with van der Waals surface area (Å²) in [5, 5.41) is 6.71. The lowest BCUT2D eigenvalue weighted by Gasteiger charge is -2.30. The standard InChI is InChI=1S/C27H32N4O3/c1-2-14-29-26(32)19-10-13-22-23(15-19)31(21-4-3-5-21)25(24(22)28)18-8-11-20(12-9-18)30-27(33)34-16-17-6-7-17/h8-13,15,17,21H,2-7,14,16,28H2,1H3,(H,29,32)(H,30,33). The summed E-state index contributed by atoms with van der Waals surface area (Å²) in [6, 6.07) is 13.8. The van der Waals surface area contributed by atoms with Gasteiger partial charge < -0.3 is 20.4 Å². The van der Waals surface area contributed by atoms with E-state index in [2.05, 4.69) is 15.2 Å². The maximum absolute atomic E-state index is 12.6. The largest absolute Gasteiger partial charge is 0.449 e. The number of amides is 2. The lowest BCUT2D eigenvalue weighted by Crippen LogP contribution is -2.24. The van der Waals surface area contributed by atoms with Crippen molar-refractivity contribution in [2.75, 3.05) is 24.2 Å². The molecule has 34 heavy (non-hydrogen) atoms. The number of rotatable bonds is 8. The van der Waals surface area contributed by atoms with E-state index in [1.54, 1.807) is 0 Å². The zero-order chi connectivity index (χ0) is 23.7. The molecule has 178 valence electrons. The Morgan fingerprint density at radius 1 is 1.09 bits per heavy atom. The smallest absolute Gasteiger partial charge is 0.411 e. The first-order valence-corrected chi connectivity index (χ1v) is 12.3. The molecule has 2 aliphatic rings. The number of hydrogen-bond acceptors (Lipinski definition) is 4. The molecule has 1 aromatic heterocycles. The van der Waals surface area contributed by atoms with Crippen molar-refractivity contribution in [2.45, 2.75) is 51.5 Å². The Morgan fingerprint density at radius 2 is 1.85 bits per heavy atom. The minimum Gasteiger partial charge on any atom is -0.449 e. The van der Waals surface area contributed by atoms with Crippen LogP contribution in [0.5, 0.6) is 0 Å². The molecule has 0 radical (unpaired) electrons. The molecule has 4 N–H and O–H groups in total. The first kappa shape index (κ1) is 22.3. The predicted molar refractivity (Wildman–Crippen MR) is 135 cm³/mol. The van der Waals surface area contributed by atoms with E-state index >= 15 is 0 Å². The van der Waals surface area contributed by atoms with E-state index in [-0.39, 0.29) is 5.91 Å². The summed E-state index contributed by atoms with van der Waals surface area (Å²) in [5.41, 5.74) is 11.7. The third-order valence-electron chi connectivity index (χ3n) is 6.83. The van der Waals surface area contributed by atoms with E-state index in [0.717, 1.165) is 54.3 Å². The molecule has 2 aromatic carbocycles. The highest BCUT2D eigenvalue weighted by Crippen LogP contribution is 2.44. The molecule has 0 unspecified atom stereocenters. The Hall–Kier alpha value is -3.48. The quantitative estimate of drug-likeness (QED) is 0.401. The van der Waals surface area contributed by atoms with Crippen molar-refractivity contribution >= 4 is 34.3 Å². The number of fused-ring (bicyclic) bond motifs is 1. The normalized spacial score (nSPS) is 15.7. The van der Waals surface area contributed by atoms with Gasteiger partial charge >= 0.3 is 6.09 Å². The van der Waals surface area contributed by atoms with Crippen LogP contribution >= 0.6 is 0 Å². The summed E-state index contributed by atoms with van der Waals surface area (Å²) in [6.07, 6.45) is 6.13. The van der Waals surface area contributed by atoms with Crippen molar-refractivity contribution in [1.29, 1.82) is 0 Å². The lowest BCUT2D eigenvalue weighted by atomic mass is 9.92. The fourth-order valence-corrected chi connectivity index (χ4v) is 4.48. The first-order valence-electron chi connectivity index (χ1n) is 12.3. The van der Waals surface area contributed by atoms with Gasteiger partial charge in [-0.1, -0.05) is 19.1 Å². The monoisotopic (exact) mass is 460 g/mol. The average molecular weight is 461 g/mol. The van der Waals surface area contributed by atoms with Gasteiger partial charge in [-0.2, -0.15) is 0 Å². The average Bonchev–Trinajstić information content (AvgIpc) is 3.60. The van der Waals surface area contributed by atoms with Crippen molar-refractivity contribution in [3.8, 4) is 11.3 Å². The second-order valence-electron chi connectivity index (χ2n) is 9.45. The molecule has 0 aliphatic heterocycles. The van der Waals surface area contributed by atoms with E-state index in [4.69, 9.17) is 10.5 Å². The number of benzene rings is 2. The molecule has 7 nitrogen and oxygen atoms in total. The second kappa shape index (κ2) is 9.41. The fraction of sp³-hybridized carbons (Fsp3) is 0.407. The highest BCUT2D eigenvalue weighted by molar-refractivity contribution is 6.05. The van der Waals surface area contributed by atoms with Crippen LogP contribution in [0.1, 0.15) is 61.8 Å². The molecule has 0 atom stereocenters. The fourth-order valence-electron chi connectivity index (χ4n) is 4.48. The molecule has 2 amide bonds. The Kier molecular flexibility index (Phi) is 6.18. The van der Waals surface area contributed by atoms with Crippen molar-refractivity contribution < 1.29 is 14.3 Å². The minimum absolute atomic E-state index is 0.0609. The van der Waals surface area contributed by atoms with Gasteiger partial charge in [0.15, 0.2) is 0 Å². The number of nitrogens with zero attached hydrogens (tertiary/aromatic N) is 1. The summed E-state index contributed by atoms with van der Waals surface area (Å²) in [7, 11) is 0. The second-order valence-corrected chi connectivity index (χ2v) is 9.45. The number of nitrogen functional groups attached to an aromatic ring is 1. The topological polar surface area (TPSA) is 98.4 Å². The number of nitrogens with two attached hydrogens (primary N) is 1. The van der Waals surface area contributed by atoms with E-state index in [1.807, 2.05) is 49.4 Å². The van der Waals surface area contributed by atoms with Crippen molar-refractivity contribution in [3.63, 3.8) is 0 Å². The summed E-state index contributed by atoms with van der Waals surface area (Å²) in [5.74, 6) is 0.469. The van der Waals surface area contributed by atoms with Gasteiger partial charge in [-0.25, -0.2) is 4.79 Å². The zero-order valence-corrected chi connectivity index (χ0v) is 19.6. The summed E-state index contributed by atoms with van der Waals surface area (Å²) < 4.78 is 7.57. The Labute approximate surface area is 199 Å². The molecule has 2 aliphatic carbocycles. The van der Waals surface area contributed by atoms with Crippen LogP contribution in [0.3, 0.4) is 0 Å². The molecule has 3 aromatic rings. The van der Waals surface area contributed by atoms with Gasteiger partial charge in [-0.05, 0) is 74.8 Å². The van der Waals surface area contributed by atoms with Gasteiger partial charge in [0.05, 0.1) is 23.5 Å². The third-order valence-corrected chi connectivity index (χ3v) is 6.83. The van der Waals surface area contributed by atoms with E-state index < -0.39 is 6.09 Å². The molecule has 1 heterocycles. The van der Waals surface area contributed by atoms with Crippen LogP contribution < -0.4 is 16.4 Å². The molecule has 7 heteroatoms. The number of hydrogen-bond donors (Lipinski definition) is 3. The highest BCUT2D eigenvalue weighted by Gasteiger charge is 2.27. The summed E-state index contributed by atoms with van der Waals surface area (Å²) in [6.45, 7) is 3.18. The Balaban J connectivity index is 1.45. The lowest BCUT2D eigenvalue weighted by molar-refractivity contribution is 0.0953. The van der Waals surface area contributed by atoms with Crippen LogP contribution in [0.15, 0.2) is 42.5 Å². The van der Waals surface area contributed by atoms with Crippen LogP contribution in [-0.4, -0.2) is 29.7 Å². The van der Waals surface area contributed by atoms with Crippen LogP contribution in [0.4, 0.5) is 16.2 Å². The molecule has 2 saturated carbocycles. The first-order chi connectivity index (χ1) is 16.5. The zero-order valence-electron chi connectivity index (χ0n) is 19.6.